The van der Waals surface area contributed by atoms with E-state index >= 15 is 0 Å². The van der Waals surface area contributed by atoms with Crippen LogP contribution in [0.1, 0.15) is 57.7 Å². The summed E-state index contributed by atoms with van der Waals surface area (Å²) in [5.74, 6) is -0.714. The zero-order chi connectivity index (χ0) is 25.4. The largest absolute Gasteiger partial charge is 0.384 e. The number of benzene rings is 3. The van der Waals surface area contributed by atoms with Crippen molar-refractivity contribution >= 4 is 39.3 Å². The Kier molecular flexibility index (Phi) is 6.20. The first-order valence-electron chi connectivity index (χ1n) is 12.2. The van der Waals surface area contributed by atoms with Gasteiger partial charge in [0.1, 0.15) is 11.5 Å². The molecule has 1 aliphatic rings. The average Bonchev–Trinajstić information content (AvgIpc) is 3.23. The molecule has 8 N–H and O–H groups in total. The lowest BCUT2D eigenvalue weighted by Crippen LogP contribution is -2.41. The van der Waals surface area contributed by atoms with Gasteiger partial charge in [-0.3, -0.25) is 15.0 Å². The Balaban J connectivity index is 1.62. The summed E-state index contributed by atoms with van der Waals surface area (Å²) in [6, 6.07) is 19.0. The van der Waals surface area contributed by atoms with Crippen molar-refractivity contribution in [1.29, 1.82) is 5.41 Å². The van der Waals surface area contributed by atoms with Gasteiger partial charge in [-0.25, -0.2) is 0 Å². The number of nitrogen functional groups attached to an aromatic ring is 1. The molecule has 3 aromatic carbocycles. The fraction of sp³-hybridized carbons (Fsp3) is 0.250. The van der Waals surface area contributed by atoms with E-state index in [1.165, 1.54) is 0 Å². The molecule has 0 unspecified atom stereocenters. The molecule has 0 bridgehead atoms. The van der Waals surface area contributed by atoms with Gasteiger partial charge >= 0.3 is 0 Å². The average molecular weight is 483 g/mol. The molecule has 36 heavy (non-hydrogen) atoms. The minimum absolute atomic E-state index is 0.0460. The van der Waals surface area contributed by atoms with E-state index in [4.69, 9.17) is 22.6 Å². The van der Waals surface area contributed by atoms with Crippen molar-refractivity contribution in [3.63, 3.8) is 0 Å². The van der Waals surface area contributed by atoms with Crippen LogP contribution in [-0.4, -0.2) is 34.3 Å². The number of aromatic nitrogens is 1. The number of nitrogens with zero attached hydrogens (tertiary/aromatic N) is 1. The molecule has 0 atom stereocenters. The topological polar surface area (TPSA) is 153 Å². The zero-order valence-corrected chi connectivity index (χ0v) is 20.0. The standard InChI is InChI=1S/C28H30N6O2/c29-21-7-9-22(10-8-21)33-28(36)25-13-17-5-6-18(26(30)31)14-24(17)34(25)15-20-12-19(27(32)35)11-16-3-1-2-4-23(16)20/h1-6,11-14,21-22H,7-10,15,29H2,(H3,30,31)(H2,32,35)(H,33,36). The number of rotatable bonds is 6. The molecule has 184 valence electrons. The van der Waals surface area contributed by atoms with E-state index in [-0.39, 0.29) is 23.8 Å². The number of hydrogen-bond acceptors (Lipinski definition) is 4. The molecule has 1 aromatic heterocycles. The van der Waals surface area contributed by atoms with Crippen molar-refractivity contribution in [2.75, 3.05) is 0 Å². The Bertz CT molecular complexity index is 1500. The van der Waals surface area contributed by atoms with Crippen LogP contribution in [-0.2, 0) is 6.54 Å². The monoisotopic (exact) mass is 482 g/mol. The number of amides is 2. The molecular formula is C28H30N6O2. The summed E-state index contributed by atoms with van der Waals surface area (Å²) in [6.45, 7) is 0.338. The van der Waals surface area contributed by atoms with Crippen molar-refractivity contribution in [3.05, 3.63) is 83.0 Å². The van der Waals surface area contributed by atoms with Crippen molar-refractivity contribution in [1.82, 2.24) is 9.88 Å². The summed E-state index contributed by atoms with van der Waals surface area (Å²) in [6.07, 6.45) is 3.49. The lowest BCUT2D eigenvalue weighted by atomic mass is 9.92. The van der Waals surface area contributed by atoms with Crippen LogP contribution in [0.5, 0.6) is 0 Å². The third kappa shape index (κ3) is 4.55. The SMILES string of the molecule is N=C(N)c1ccc2cc(C(=O)NC3CCC(N)CC3)n(Cc3cc(C(N)=O)cc4ccccc34)c2c1. The Labute approximate surface area is 208 Å². The Morgan fingerprint density at radius 2 is 1.67 bits per heavy atom. The van der Waals surface area contributed by atoms with Gasteiger partial charge in [0.2, 0.25) is 5.91 Å². The van der Waals surface area contributed by atoms with E-state index in [9.17, 15) is 9.59 Å². The molecule has 4 aromatic rings. The van der Waals surface area contributed by atoms with Crippen LogP contribution in [0.2, 0.25) is 0 Å². The molecule has 5 rings (SSSR count). The highest BCUT2D eigenvalue weighted by molar-refractivity contribution is 6.03. The lowest BCUT2D eigenvalue weighted by molar-refractivity contribution is 0.0916. The van der Waals surface area contributed by atoms with Crippen LogP contribution in [0.25, 0.3) is 21.7 Å². The number of hydrogen-bond donors (Lipinski definition) is 5. The highest BCUT2D eigenvalue weighted by Gasteiger charge is 2.23. The Morgan fingerprint density at radius 1 is 0.917 bits per heavy atom. The third-order valence-corrected chi connectivity index (χ3v) is 7.12. The molecule has 0 radical (unpaired) electrons. The Morgan fingerprint density at radius 3 is 2.39 bits per heavy atom. The molecule has 0 saturated heterocycles. The number of carbonyl (C=O) groups excluding carboxylic acids is 2. The fourth-order valence-electron chi connectivity index (χ4n) is 5.14. The molecule has 1 aliphatic carbocycles. The van der Waals surface area contributed by atoms with Gasteiger partial charge in [-0.05, 0) is 66.3 Å². The number of fused-ring (bicyclic) bond motifs is 2. The molecule has 8 heteroatoms. The third-order valence-electron chi connectivity index (χ3n) is 7.12. The summed E-state index contributed by atoms with van der Waals surface area (Å²) in [7, 11) is 0. The predicted octanol–water partition coefficient (Wildman–Crippen LogP) is 3.23. The fourth-order valence-corrected chi connectivity index (χ4v) is 5.14. The molecule has 1 fully saturated rings. The van der Waals surface area contributed by atoms with Gasteiger partial charge in [0, 0.05) is 40.7 Å². The number of amidine groups is 1. The summed E-state index contributed by atoms with van der Waals surface area (Å²) in [4.78, 5) is 25.6. The quantitative estimate of drug-likeness (QED) is 0.211. The summed E-state index contributed by atoms with van der Waals surface area (Å²) in [5, 5.41) is 13.8. The van der Waals surface area contributed by atoms with Crippen LogP contribution in [0, 0.1) is 5.41 Å². The number of nitrogens with two attached hydrogens (primary N) is 3. The summed E-state index contributed by atoms with van der Waals surface area (Å²) in [5.41, 5.74) is 20.6. The maximum atomic E-state index is 13.5. The van der Waals surface area contributed by atoms with Gasteiger partial charge in [0.05, 0.1) is 0 Å². The van der Waals surface area contributed by atoms with Gasteiger partial charge in [0.15, 0.2) is 0 Å². The highest BCUT2D eigenvalue weighted by atomic mass is 16.2. The maximum Gasteiger partial charge on any atom is 0.268 e. The molecule has 8 nitrogen and oxygen atoms in total. The van der Waals surface area contributed by atoms with E-state index in [2.05, 4.69) is 5.32 Å². The summed E-state index contributed by atoms with van der Waals surface area (Å²) < 4.78 is 1.93. The number of carbonyl (C=O) groups is 2. The molecule has 0 spiro atoms. The molecular weight excluding hydrogens is 452 g/mol. The van der Waals surface area contributed by atoms with Gasteiger partial charge in [-0.15, -0.1) is 0 Å². The van der Waals surface area contributed by atoms with E-state index in [1.807, 2.05) is 47.0 Å². The summed E-state index contributed by atoms with van der Waals surface area (Å²) >= 11 is 0. The minimum Gasteiger partial charge on any atom is -0.384 e. The van der Waals surface area contributed by atoms with E-state index in [0.29, 0.717) is 23.4 Å². The number of primary amides is 1. The zero-order valence-electron chi connectivity index (χ0n) is 20.0. The second-order valence-corrected chi connectivity index (χ2v) is 9.61. The first-order valence-corrected chi connectivity index (χ1v) is 12.2. The smallest absolute Gasteiger partial charge is 0.268 e. The van der Waals surface area contributed by atoms with Gasteiger partial charge < -0.3 is 27.1 Å². The first kappa shape index (κ1) is 23.6. The van der Waals surface area contributed by atoms with Crippen molar-refractivity contribution in [2.45, 2.75) is 44.3 Å². The van der Waals surface area contributed by atoms with Crippen LogP contribution in [0.15, 0.2) is 60.7 Å². The minimum atomic E-state index is -0.508. The number of nitrogens with one attached hydrogen (secondary N) is 2. The highest BCUT2D eigenvalue weighted by Crippen LogP contribution is 2.28. The van der Waals surface area contributed by atoms with Gasteiger partial charge in [0.25, 0.3) is 5.91 Å². The van der Waals surface area contributed by atoms with Crippen molar-refractivity contribution in [2.24, 2.45) is 17.2 Å². The van der Waals surface area contributed by atoms with Gasteiger partial charge in [-0.1, -0.05) is 36.4 Å². The van der Waals surface area contributed by atoms with Crippen LogP contribution >= 0.6 is 0 Å². The molecule has 1 saturated carbocycles. The molecule has 1 heterocycles. The van der Waals surface area contributed by atoms with E-state index < -0.39 is 5.91 Å². The van der Waals surface area contributed by atoms with Crippen molar-refractivity contribution in [3.8, 4) is 0 Å². The van der Waals surface area contributed by atoms with E-state index in [1.54, 1.807) is 18.2 Å². The van der Waals surface area contributed by atoms with Crippen molar-refractivity contribution < 1.29 is 9.59 Å². The normalized spacial score (nSPS) is 17.8. The molecule has 0 aliphatic heterocycles. The maximum absolute atomic E-state index is 13.5. The first-order chi connectivity index (χ1) is 17.3. The van der Waals surface area contributed by atoms with Crippen LogP contribution in [0.4, 0.5) is 0 Å². The van der Waals surface area contributed by atoms with E-state index in [0.717, 1.165) is 52.9 Å². The molecule has 2 amide bonds. The van der Waals surface area contributed by atoms with Crippen LogP contribution in [0.3, 0.4) is 0 Å². The lowest BCUT2D eigenvalue weighted by Gasteiger charge is -2.27. The van der Waals surface area contributed by atoms with Crippen LogP contribution < -0.4 is 22.5 Å². The second kappa shape index (κ2) is 9.47. The Hall–Kier alpha value is -4.17. The van der Waals surface area contributed by atoms with Gasteiger partial charge in [-0.2, -0.15) is 0 Å². The predicted molar refractivity (Wildman–Crippen MR) is 142 cm³/mol. The second-order valence-electron chi connectivity index (χ2n) is 9.61.